The summed E-state index contributed by atoms with van der Waals surface area (Å²) in [7, 11) is 0. The number of amides is 2. The van der Waals surface area contributed by atoms with Crippen LogP contribution in [-0.4, -0.2) is 11.8 Å². The maximum Gasteiger partial charge on any atom is 0.262 e. The van der Waals surface area contributed by atoms with Gasteiger partial charge < -0.3 is 10.6 Å². The number of carbonyl (C=O) groups is 2. The molecule has 34 heavy (non-hydrogen) atoms. The third-order valence-corrected chi connectivity index (χ3v) is 6.84. The minimum Gasteiger partial charge on any atom is -0.360 e. The van der Waals surface area contributed by atoms with E-state index in [-0.39, 0.29) is 11.8 Å². The standard InChI is InChI=1S/C28H20N4O2/c33-27-17-9-1-5-13-21(17)29-25-20-12-4-8-16-24(20)32-26(19-11-3-7-15-23(19)31(25)27)30-22-14-6-2-10-18(22)28(32)34/h1-16,25-26,29-30H. The molecule has 6 nitrogen and oxygen atoms in total. The summed E-state index contributed by atoms with van der Waals surface area (Å²) in [6.07, 6.45) is -0.934. The second-order valence-corrected chi connectivity index (χ2v) is 8.65. The average Bonchev–Trinajstić information content (AvgIpc) is 2.88. The number of nitrogens with one attached hydrogen (secondary N) is 2. The molecule has 6 heteroatoms. The van der Waals surface area contributed by atoms with Crippen LogP contribution in [0.15, 0.2) is 97.1 Å². The Morgan fingerprint density at radius 2 is 0.882 bits per heavy atom. The SMILES string of the molecule is O=C1c2ccccc2NC2c3ccccc3N3C(=O)c4ccccc4NC3c3ccccc3N12. The highest BCUT2D eigenvalue weighted by molar-refractivity contribution is 6.15. The molecule has 4 aromatic carbocycles. The Morgan fingerprint density at radius 1 is 0.500 bits per heavy atom. The normalized spacial score (nSPS) is 19.6. The molecule has 0 aromatic heterocycles. The first-order valence-electron chi connectivity index (χ1n) is 11.3. The third kappa shape index (κ3) is 2.50. The van der Waals surface area contributed by atoms with Crippen LogP contribution in [0.1, 0.15) is 44.2 Å². The molecule has 2 atom stereocenters. The number of benzene rings is 4. The largest absolute Gasteiger partial charge is 0.360 e. The third-order valence-electron chi connectivity index (χ3n) is 6.84. The maximum atomic E-state index is 13.9. The van der Waals surface area contributed by atoms with E-state index in [9.17, 15) is 9.59 Å². The lowest BCUT2D eigenvalue weighted by Crippen LogP contribution is -2.49. The zero-order valence-electron chi connectivity index (χ0n) is 18.1. The van der Waals surface area contributed by atoms with Gasteiger partial charge in [-0.25, -0.2) is 0 Å². The summed E-state index contributed by atoms with van der Waals surface area (Å²) in [6.45, 7) is 0. The molecule has 0 spiro atoms. The van der Waals surface area contributed by atoms with Crippen molar-refractivity contribution in [1.29, 1.82) is 0 Å². The first-order valence-corrected chi connectivity index (χ1v) is 11.3. The van der Waals surface area contributed by atoms with Crippen LogP contribution in [0.2, 0.25) is 0 Å². The van der Waals surface area contributed by atoms with Gasteiger partial charge in [-0.1, -0.05) is 60.7 Å². The summed E-state index contributed by atoms with van der Waals surface area (Å²) >= 11 is 0. The van der Waals surface area contributed by atoms with Gasteiger partial charge in [0, 0.05) is 22.5 Å². The van der Waals surface area contributed by atoms with Crippen LogP contribution >= 0.6 is 0 Å². The van der Waals surface area contributed by atoms with Crippen molar-refractivity contribution >= 4 is 34.6 Å². The van der Waals surface area contributed by atoms with Crippen molar-refractivity contribution in [2.75, 3.05) is 20.4 Å². The van der Waals surface area contributed by atoms with Gasteiger partial charge in [0.1, 0.15) is 12.3 Å². The fourth-order valence-corrected chi connectivity index (χ4v) is 5.32. The highest BCUT2D eigenvalue weighted by Gasteiger charge is 2.44. The zero-order chi connectivity index (χ0) is 22.8. The van der Waals surface area contributed by atoms with E-state index >= 15 is 0 Å². The second kappa shape index (κ2) is 6.96. The van der Waals surface area contributed by atoms with Gasteiger partial charge in [0.25, 0.3) is 11.8 Å². The van der Waals surface area contributed by atoms with Gasteiger partial charge in [-0.2, -0.15) is 0 Å². The Balaban J connectivity index is 1.54. The number of hydrogen-bond acceptors (Lipinski definition) is 4. The highest BCUT2D eigenvalue weighted by atomic mass is 16.2. The molecule has 0 bridgehead atoms. The first-order chi connectivity index (χ1) is 16.7. The monoisotopic (exact) mass is 444 g/mol. The van der Waals surface area contributed by atoms with Crippen LogP contribution < -0.4 is 20.4 Å². The van der Waals surface area contributed by atoms with Crippen LogP contribution in [0.25, 0.3) is 0 Å². The Hall–Kier alpha value is -4.58. The molecule has 3 heterocycles. The molecular weight excluding hydrogens is 424 g/mol. The number of nitrogens with zero attached hydrogens (tertiary/aromatic N) is 2. The molecule has 3 aliphatic rings. The summed E-state index contributed by atoms with van der Waals surface area (Å²) in [5.74, 6) is -0.143. The van der Waals surface area contributed by atoms with Gasteiger partial charge in [-0.3, -0.25) is 19.4 Å². The Labute approximate surface area is 196 Å². The summed E-state index contributed by atoms with van der Waals surface area (Å²) in [5, 5.41) is 7.14. The summed E-state index contributed by atoms with van der Waals surface area (Å²) in [4.78, 5) is 31.4. The second-order valence-electron chi connectivity index (χ2n) is 8.65. The minimum absolute atomic E-state index is 0.0717. The van der Waals surface area contributed by atoms with Crippen molar-refractivity contribution in [2.45, 2.75) is 12.3 Å². The molecule has 0 saturated heterocycles. The average molecular weight is 444 g/mol. The van der Waals surface area contributed by atoms with E-state index < -0.39 is 12.3 Å². The van der Waals surface area contributed by atoms with Crippen molar-refractivity contribution in [2.24, 2.45) is 0 Å². The molecule has 0 aliphatic carbocycles. The lowest BCUT2D eigenvalue weighted by Gasteiger charge is -2.46. The Bertz CT molecular complexity index is 1380. The summed E-state index contributed by atoms with van der Waals surface area (Å²) in [6, 6.07) is 30.8. The Kier molecular flexibility index (Phi) is 3.88. The molecule has 0 radical (unpaired) electrons. The van der Waals surface area contributed by atoms with E-state index in [0.717, 1.165) is 33.9 Å². The van der Waals surface area contributed by atoms with Crippen molar-refractivity contribution in [1.82, 2.24) is 0 Å². The zero-order valence-corrected chi connectivity index (χ0v) is 18.1. The van der Waals surface area contributed by atoms with Crippen molar-refractivity contribution in [3.05, 3.63) is 119 Å². The van der Waals surface area contributed by atoms with Crippen molar-refractivity contribution < 1.29 is 9.59 Å². The summed E-state index contributed by atoms with van der Waals surface area (Å²) in [5.41, 5.74) is 6.08. The highest BCUT2D eigenvalue weighted by Crippen LogP contribution is 2.48. The van der Waals surface area contributed by atoms with Gasteiger partial charge in [-0.05, 0) is 36.4 Å². The van der Waals surface area contributed by atoms with Gasteiger partial charge in [-0.15, -0.1) is 0 Å². The first kappa shape index (κ1) is 18.9. The predicted molar refractivity (Wildman–Crippen MR) is 132 cm³/mol. The van der Waals surface area contributed by atoms with Gasteiger partial charge >= 0.3 is 0 Å². The summed E-state index contributed by atoms with van der Waals surface area (Å²) < 4.78 is 0. The number of hydrogen-bond donors (Lipinski definition) is 2. The molecule has 2 amide bonds. The van der Waals surface area contributed by atoms with E-state index in [1.807, 2.05) is 107 Å². The number of para-hydroxylation sites is 4. The van der Waals surface area contributed by atoms with E-state index in [1.54, 1.807) is 0 Å². The van der Waals surface area contributed by atoms with Crippen molar-refractivity contribution in [3.63, 3.8) is 0 Å². The van der Waals surface area contributed by atoms with Crippen molar-refractivity contribution in [3.8, 4) is 0 Å². The molecule has 0 saturated carbocycles. The van der Waals surface area contributed by atoms with Crippen LogP contribution in [0.3, 0.4) is 0 Å². The molecule has 7 rings (SSSR count). The Morgan fingerprint density at radius 3 is 1.35 bits per heavy atom. The molecule has 2 N–H and O–H groups in total. The van der Waals surface area contributed by atoms with Crippen LogP contribution in [-0.2, 0) is 0 Å². The maximum absolute atomic E-state index is 13.9. The van der Waals surface area contributed by atoms with Crippen LogP contribution in [0.5, 0.6) is 0 Å². The smallest absolute Gasteiger partial charge is 0.262 e. The lowest BCUT2D eigenvalue weighted by atomic mass is 9.94. The van der Waals surface area contributed by atoms with Crippen LogP contribution in [0, 0.1) is 0 Å². The predicted octanol–water partition coefficient (Wildman–Crippen LogP) is 5.54. The van der Waals surface area contributed by atoms with E-state index in [0.29, 0.717) is 11.1 Å². The van der Waals surface area contributed by atoms with Gasteiger partial charge in [0.05, 0.1) is 22.5 Å². The van der Waals surface area contributed by atoms with Gasteiger partial charge in [0.2, 0.25) is 0 Å². The molecule has 164 valence electrons. The molecule has 0 fully saturated rings. The fourth-order valence-electron chi connectivity index (χ4n) is 5.32. The van der Waals surface area contributed by atoms with Gasteiger partial charge in [0.15, 0.2) is 0 Å². The fraction of sp³-hybridized carbons (Fsp3) is 0.0714. The van der Waals surface area contributed by atoms with E-state index in [4.69, 9.17) is 0 Å². The lowest BCUT2D eigenvalue weighted by molar-refractivity contribution is 0.0974. The van der Waals surface area contributed by atoms with Crippen LogP contribution in [0.4, 0.5) is 22.7 Å². The molecule has 2 unspecified atom stereocenters. The molecular formula is C28H20N4O2. The number of fused-ring (bicyclic) bond motifs is 10. The van der Waals surface area contributed by atoms with E-state index in [2.05, 4.69) is 10.6 Å². The quantitative estimate of drug-likeness (QED) is 0.374. The number of anilines is 4. The molecule has 4 aromatic rings. The topological polar surface area (TPSA) is 64.7 Å². The molecule has 3 aliphatic heterocycles. The minimum atomic E-state index is -0.467. The van der Waals surface area contributed by atoms with E-state index in [1.165, 1.54) is 0 Å². The number of rotatable bonds is 0. The number of carbonyl (C=O) groups excluding carboxylic acids is 2.